The van der Waals surface area contributed by atoms with Crippen LogP contribution in [0.3, 0.4) is 0 Å². The Morgan fingerprint density at radius 1 is 1.06 bits per heavy atom. The molecule has 0 saturated carbocycles. The van der Waals surface area contributed by atoms with Gasteiger partial charge in [0.15, 0.2) is 0 Å². The van der Waals surface area contributed by atoms with Crippen molar-refractivity contribution in [1.29, 1.82) is 0 Å². The smallest absolute Gasteiger partial charge is 0.125 e. The molecule has 2 aliphatic rings. The molecule has 1 fully saturated rings. The Labute approximate surface area is 190 Å². The lowest BCUT2D eigenvalue weighted by molar-refractivity contribution is 0.188. The summed E-state index contributed by atoms with van der Waals surface area (Å²) in [5.41, 5.74) is 10.9. The molecule has 3 nitrogen and oxygen atoms in total. The zero-order chi connectivity index (χ0) is 22.7. The number of likely N-dealkylation sites (tertiary alicyclic amines) is 1. The van der Waals surface area contributed by atoms with Crippen molar-refractivity contribution in [1.82, 2.24) is 4.90 Å². The van der Waals surface area contributed by atoms with Gasteiger partial charge < -0.3 is 10.6 Å². The molecule has 0 aliphatic carbocycles. The monoisotopic (exact) mass is 439 g/mol. The molecule has 0 spiro atoms. The van der Waals surface area contributed by atoms with Gasteiger partial charge in [0.2, 0.25) is 0 Å². The van der Waals surface area contributed by atoms with Gasteiger partial charge in [-0.2, -0.15) is 0 Å². The topological polar surface area (TPSA) is 32.5 Å². The molecule has 5 heteroatoms. The van der Waals surface area contributed by atoms with Crippen molar-refractivity contribution in [3.8, 4) is 0 Å². The highest BCUT2D eigenvalue weighted by Gasteiger charge is 2.29. The van der Waals surface area contributed by atoms with Crippen molar-refractivity contribution >= 4 is 11.4 Å². The zero-order valence-corrected chi connectivity index (χ0v) is 19.1. The lowest BCUT2D eigenvalue weighted by Gasteiger charge is -2.41. The lowest BCUT2D eigenvalue weighted by Crippen LogP contribution is -2.43. The summed E-state index contributed by atoms with van der Waals surface area (Å²) < 4.78 is 26.9. The molecule has 2 aromatic rings. The molecule has 0 bridgehead atoms. The number of anilines is 2. The molecule has 1 atom stereocenters. The summed E-state index contributed by atoms with van der Waals surface area (Å²) in [5.74, 6) is 0.330. The third-order valence-electron chi connectivity index (χ3n) is 7.14. The predicted octanol–water partition coefficient (Wildman–Crippen LogP) is 5.94. The third kappa shape index (κ3) is 5.32. The molecule has 0 radical (unpaired) electrons. The molecule has 1 saturated heterocycles. The highest BCUT2D eigenvalue weighted by atomic mass is 19.1. The number of piperidine rings is 1. The predicted molar refractivity (Wildman–Crippen MR) is 129 cm³/mol. The normalized spacial score (nSPS) is 19.7. The van der Waals surface area contributed by atoms with E-state index in [4.69, 9.17) is 5.73 Å². The first-order chi connectivity index (χ1) is 15.4. The number of benzene rings is 2. The Bertz CT molecular complexity index is 933. The quantitative estimate of drug-likeness (QED) is 0.542. The van der Waals surface area contributed by atoms with Crippen LogP contribution >= 0.6 is 0 Å². The van der Waals surface area contributed by atoms with Crippen LogP contribution in [0.5, 0.6) is 0 Å². The number of halogens is 2. The van der Waals surface area contributed by atoms with Gasteiger partial charge in [-0.1, -0.05) is 25.1 Å². The number of hydrogen-bond acceptors (Lipinski definition) is 3. The van der Waals surface area contributed by atoms with Gasteiger partial charge >= 0.3 is 0 Å². The summed E-state index contributed by atoms with van der Waals surface area (Å²) in [7, 11) is 0. The second-order valence-corrected chi connectivity index (χ2v) is 9.56. The molecule has 172 valence electrons. The molecular weight excluding hydrogens is 404 g/mol. The number of hydrogen-bond donors (Lipinski definition) is 1. The third-order valence-corrected chi connectivity index (χ3v) is 7.14. The number of nitrogen functional groups attached to an aromatic ring is 1. The van der Waals surface area contributed by atoms with E-state index in [0.29, 0.717) is 11.7 Å². The van der Waals surface area contributed by atoms with Crippen LogP contribution in [0, 0.1) is 17.6 Å². The Balaban J connectivity index is 1.27. The van der Waals surface area contributed by atoms with Gasteiger partial charge in [0.05, 0.1) is 11.4 Å². The van der Waals surface area contributed by atoms with Crippen LogP contribution in [-0.2, 0) is 12.8 Å². The second kappa shape index (κ2) is 10.0. The zero-order valence-electron chi connectivity index (χ0n) is 19.1. The Morgan fingerprint density at radius 2 is 1.78 bits per heavy atom. The fraction of sp³-hybridized carbons (Fsp3) is 0.481. The van der Waals surface area contributed by atoms with Crippen molar-refractivity contribution in [3.63, 3.8) is 0 Å². The minimum atomic E-state index is -0.261. The lowest BCUT2D eigenvalue weighted by atomic mass is 9.90. The van der Waals surface area contributed by atoms with Gasteiger partial charge in [-0.25, -0.2) is 8.78 Å². The first-order valence-electron chi connectivity index (χ1n) is 11.9. The van der Waals surface area contributed by atoms with E-state index in [0.717, 1.165) is 68.2 Å². The highest BCUT2D eigenvalue weighted by Crippen LogP contribution is 2.38. The van der Waals surface area contributed by atoms with Crippen molar-refractivity contribution in [2.24, 2.45) is 5.92 Å². The van der Waals surface area contributed by atoms with Crippen LogP contribution < -0.4 is 10.6 Å². The van der Waals surface area contributed by atoms with E-state index in [-0.39, 0.29) is 11.6 Å². The largest absolute Gasteiger partial charge is 0.397 e. The van der Waals surface area contributed by atoms with Crippen LogP contribution in [0.2, 0.25) is 0 Å². The van der Waals surface area contributed by atoms with Crippen molar-refractivity contribution in [2.75, 3.05) is 30.3 Å². The van der Waals surface area contributed by atoms with Gasteiger partial charge in [0, 0.05) is 18.3 Å². The summed E-state index contributed by atoms with van der Waals surface area (Å²) in [6.07, 6.45) is 7.64. The van der Waals surface area contributed by atoms with Crippen LogP contribution in [0.15, 0.2) is 48.7 Å². The molecule has 2 heterocycles. The van der Waals surface area contributed by atoms with Crippen LogP contribution in [0.1, 0.15) is 50.2 Å². The van der Waals surface area contributed by atoms with Gasteiger partial charge in [0.1, 0.15) is 11.6 Å². The Hall–Kier alpha value is -2.40. The van der Waals surface area contributed by atoms with E-state index < -0.39 is 0 Å². The van der Waals surface area contributed by atoms with Crippen LogP contribution in [0.4, 0.5) is 20.2 Å². The average Bonchev–Trinajstić information content (AvgIpc) is 2.76. The Morgan fingerprint density at radius 3 is 2.50 bits per heavy atom. The first-order valence-corrected chi connectivity index (χ1v) is 11.9. The van der Waals surface area contributed by atoms with E-state index in [1.165, 1.54) is 30.9 Å². The molecule has 4 rings (SSSR count). The number of nitrogens with zero attached hydrogens (tertiary/aromatic N) is 2. The van der Waals surface area contributed by atoms with Gasteiger partial charge in [-0.05, 0) is 99.8 Å². The molecule has 1 unspecified atom stereocenters. The second-order valence-electron chi connectivity index (χ2n) is 9.56. The maximum absolute atomic E-state index is 13.8. The molecule has 32 heavy (non-hydrogen) atoms. The average molecular weight is 440 g/mol. The van der Waals surface area contributed by atoms with E-state index in [9.17, 15) is 8.78 Å². The summed E-state index contributed by atoms with van der Waals surface area (Å²) in [4.78, 5) is 4.72. The van der Waals surface area contributed by atoms with Gasteiger partial charge in [-0.3, -0.25) is 4.90 Å². The standard InChI is InChI=1S/C27H35F2N3/c1-19-6-9-23-16-25(29)17-26(30)27(23)32(19)20(2)18-31-14-12-22(13-15-31)5-3-4-21-7-10-24(28)11-8-21/h7-8,10-11,16-17,19,22H,2-6,9,12-15,18,30H2,1H3. The fourth-order valence-corrected chi connectivity index (χ4v) is 5.36. The molecule has 0 aromatic heterocycles. The number of fused-ring (bicyclic) bond motifs is 1. The molecule has 0 amide bonds. The Kier molecular flexibility index (Phi) is 7.14. The summed E-state index contributed by atoms with van der Waals surface area (Å²) in [6, 6.07) is 10.2. The summed E-state index contributed by atoms with van der Waals surface area (Å²) >= 11 is 0. The summed E-state index contributed by atoms with van der Waals surface area (Å²) in [6.45, 7) is 9.58. The summed E-state index contributed by atoms with van der Waals surface area (Å²) in [5, 5.41) is 0. The number of aryl methyl sites for hydroxylation is 2. The molecule has 2 aromatic carbocycles. The van der Waals surface area contributed by atoms with E-state index in [2.05, 4.69) is 23.3 Å². The van der Waals surface area contributed by atoms with E-state index >= 15 is 0 Å². The highest BCUT2D eigenvalue weighted by molar-refractivity contribution is 5.75. The number of nitrogens with two attached hydrogens (primary N) is 1. The van der Waals surface area contributed by atoms with Crippen molar-refractivity contribution in [3.05, 3.63) is 71.4 Å². The van der Waals surface area contributed by atoms with Crippen molar-refractivity contribution in [2.45, 2.75) is 57.9 Å². The van der Waals surface area contributed by atoms with Crippen LogP contribution in [-0.4, -0.2) is 30.6 Å². The maximum atomic E-state index is 13.8. The van der Waals surface area contributed by atoms with Crippen LogP contribution in [0.25, 0.3) is 0 Å². The van der Waals surface area contributed by atoms with E-state index in [1.807, 2.05) is 12.1 Å². The van der Waals surface area contributed by atoms with Gasteiger partial charge in [-0.15, -0.1) is 0 Å². The minimum Gasteiger partial charge on any atom is -0.397 e. The first kappa shape index (κ1) is 22.8. The molecule has 2 aliphatic heterocycles. The maximum Gasteiger partial charge on any atom is 0.125 e. The molecule has 2 N–H and O–H groups in total. The fourth-order valence-electron chi connectivity index (χ4n) is 5.36. The van der Waals surface area contributed by atoms with Gasteiger partial charge in [0.25, 0.3) is 0 Å². The SMILES string of the molecule is C=C(CN1CCC(CCCc2ccc(F)cc2)CC1)N1c2c(N)cc(F)cc2CCC1C. The van der Waals surface area contributed by atoms with Crippen molar-refractivity contribution < 1.29 is 8.78 Å². The number of rotatable bonds is 7. The van der Waals surface area contributed by atoms with E-state index in [1.54, 1.807) is 18.2 Å². The minimum absolute atomic E-state index is 0.167. The molecular formula is C27H35F2N3.